The van der Waals surface area contributed by atoms with E-state index in [1.165, 1.54) is 4.52 Å². The van der Waals surface area contributed by atoms with Crippen LogP contribution < -0.4 is 10.9 Å². The van der Waals surface area contributed by atoms with Crippen molar-refractivity contribution in [2.24, 2.45) is 5.92 Å². The molecule has 0 aliphatic carbocycles. The summed E-state index contributed by atoms with van der Waals surface area (Å²) in [5.74, 6) is -0.0717. The van der Waals surface area contributed by atoms with Gasteiger partial charge in [-0.05, 0) is 19.3 Å². The van der Waals surface area contributed by atoms with Gasteiger partial charge >= 0.3 is 0 Å². The van der Waals surface area contributed by atoms with Gasteiger partial charge in [0.2, 0.25) is 5.91 Å². The van der Waals surface area contributed by atoms with Crippen molar-refractivity contribution >= 4 is 17.5 Å². The van der Waals surface area contributed by atoms with Crippen LogP contribution >= 0.6 is 0 Å². The molecular weight excluding hydrogens is 382 g/mol. The number of nitrogens with one attached hydrogen (secondary N) is 1. The highest BCUT2D eigenvalue weighted by Crippen LogP contribution is 2.27. The highest BCUT2D eigenvalue weighted by atomic mass is 16.2. The molecule has 0 unspecified atom stereocenters. The molecule has 8 heteroatoms. The third-order valence-corrected chi connectivity index (χ3v) is 5.67. The fourth-order valence-electron chi connectivity index (χ4n) is 3.61. The Morgan fingerprint density at radius 1 is 1.23 bits per heavy atom. The molecule has 3 heterocycles. The molecule has 8 nitrogen and oxygen atoms in total. The molecule has 1 aliphatic rings. The first kappa shape index (κ1) is 22.1. The molecule has 0 aromatic carbocycles. The number of amides is 2. The highest BCUT2D eigenvalue weighted by Gasteiger charge is 2.37. The van der Waals surface area contributed by atoms with Gasteiger partial charge in [-0.1, -0.05) is 41.5 Å². The zero-order valence-electron chi connectivity index (χ0n) is 19.1. The first-order chi connectivity index (χ1) is 14.0. The second-order valence-electron chi connectivity index (χ2n) is 9.66. The lowest BCUT2D eigenvalue weighted by Crippen LogP contribution is -2.35. The maximum atomic E-state index is 13.3. The van der Waals surface area contributed by atoms with Crippen molar-refractivity contribution in [3.63, 3.8) is 0 Å². The number of carbonyl (C=O) groups is 2. The van der Waals surface area contributed by atoms with E-state index in [4.69, 9.17) is 0 Å². The van der Waals surface area contributed by atoms with Crippen LogP contribution in [0.4, 0.5) is 0 Å². The van der Waals surface area contributed by atoms with Crippen LogP contribution in [0.15, 0.2) is 10.9 Å². The van der Waals surface area contributed by atoms with Crippen LogP contribution in [0.25, 0.3) is 5.65 Å². The molecule has 3 rings (SSSR count). The van der Waals surface area contributed by atoms with Crippen LogP contribution in [0.1, 0.15) is 76.6 Å². The van der Waals surface area contributed by atoms with Crippen LogP contribution in [-0.2, 0) is 23.3 Å². The van der Waals surface area contributed by atoms with E-state index >= 15 is 0 Å². The number of hydrogen-bond acceptors (Lipinski definition) is 4. The summed E-state index contributed by atoms with van der Waals surface area (Å²) in [7, 11) is 0. The monoisotopic (exact) mass is 415 g/mol. The minimum atomic E-state index is -0.284. The lowest BCUT2D eigenvalue weighted by atomic mass is 9.93. The minimum Gasteiger partial charge on any atom is -0.354 e. The molecule has 0 saturated heterocycles. The van der Waals surface area contributed by atoms with E-state index in [9.17, 15) is 14.4 Å². The smallest absolute Gasteiger partial charge is 0.280 e. The SMILES string of the molecule is CC[C@@H](C)N1Cc2c(n(CC(=O)NCC(C)C)c3cc(C(C)(C)C)nn3c2=O)C1=O. The standard InChI is InChI=1S/C22H33N5O3/c1-8-14(4)25-11-15-19(21(25)30)26(12-17(28)23-10-13(2)3)18-9-16(22(5,6)7)24-27(18)20(15)29/h9,13-14H,8,10-12H2,1-7H3,(H,23,28)/t14-/m1/s1. The van der Waals surface area contributed by atoms with Crippen molar-refractivity contribution < 1.29 is 9.59 Å². The average molecular weight is 416 g/mol. The first-order valence-corrected chi connectivity index (χ1v) is 10.7. The topological polar surface area (TPSA) is 88.7 Å². The van der Waals surface area contributed by atoms with Crippen molar-refractivity contribution in [1.29, 1.82) is 0 Å². The fraction of sp³-hybridized carbons (Fsp3) is 0.636. The average Bonchev–Trinajstić information content (AvgIpc) is 3.25. The molecular formula is C22H33N5O3. The number of aromatic nitrogens is 3. The largest absolute Gasteiger partial charge is 0.354 e. The van der Waals surface area contributed by atoms with E-state index in [1.54, 1.807) is 9.47 Å². The zero-order valence-corrected chi connectivity index (χ0v) is 19.1. The molecule has 2 amide bonds. The fourth-order valence-corrected chi connectivity index (χ4v) is 3.61. The number of hydrogen-bond donors (Lipinski definition) is 1. The summed E-state index contributed by atoms with van der Waals surface area (Å²) in [6.45, 7) is 14.8. The molecule has 164 valence electrons. The summed E-state index contributed by atoms with van der Waals surface area (Å²) in [4.78, 5) is 40.9. The van der Waals surface area contributed by atoms with E-state index < -0.39 is 0 Å². The van der Waals surface area contributed by atoms with Crippen molar-refractivity contribution in [1.82, 2.24) is 24.4 Å². The van der Waals surface area contributed by atoms with Crippen molar-refractivity contribution in [3.05, 3.63) is 33.4 Å². The third-order valence-electron chi connectivity index (χ3n) is 5.67. The molecule has 0 bridgehead atoms. The molecule has 0 fully saturated rings. The Morgan fingerprint density at radius 3 is 2.47 bits per heavy atom. The minimum absolute atomic E-state index is 0.00461. The van der Waals surface area contributed by atoms with Gasteiger partial charge in [0.1, 0.15) is 17.9 Å². The van der Waals surface area contributed by atoms with Gasteiger partial charge in [0.15, 0.2) is 0 Å². The third kappa shape index (κ3) is 3.87. The lowest BCUT2D eigenvalue weighted by Gasteiger charge is -2.22. The van der Waals surface area contributed by atoms with Gasteiger partial charge in [-0.3, -0.25) is 14.4 Å². The predicted molar refractivity (Wildman–Crippen MR) is 116 cm³/mol. The Labute approximate surface area is 177 Å². The number of carbonyl (C=O) groups excluding carboxylic acids is 2. The summed E-state index contributed by atoms with van der Waals surface area (Å²) >= 11 is 0. The van der Waals surface area contributed by atoms with Crippen molar-refractivity contribution in [2.45, 2.75) is 79.4 Å². The number of fused-ring (bicyclic) bond motifs is 2. The van der Waals surface area contributed by atoms with Gasteiger partial charge in [-0.15, -0.1) is 0 Å². The van der Waals surface area contributed by atoms with Gasteiger partial charge in [0.05, 0.1) is 17.8 Å². The number of rotatable bonds is 6. The second-order valence-corrected chi connectivity index (χ2v) is 9.66. The van der Waals surface area contributed by atoms with Crippen molar-refractivity contribution in [2.75, 3.05) is 6.54 Å². The number of nitrogens with zero attached hydrogens (tertiary/aromatic N) is 4. The van der Waals surface area contributed by atoms with Crippen LogP contribution in [-0.4, -0.2) is 43.5 Å². The molecule has 0 spiro atoms. The molecule has 1 atom stereocenters. The highest BCUT2D eigenvalue weighted by molar-refractivity contribution is 5.98. The molecule has 1 aliphatic heterocycles. The van der Waals surface area contributed by atoms with E-state index in [0.717, 1.165) is 12.1 Å². The Bertz CT molecular complexity index is 1040. The molecule has 2 aromatic heterocycles. The Hall–Kier alpha value is -2.64. The van der Waals surface area contributed by atoms with E-state index in [1.807, 2.05) is 54.5 Å². The molecule has 0 radical (unpaired) electrons. The van der Waals surface area contributed by atoms with E-state index in [2.05, 4.69) is 10.4 Å². The van der Waals surface area contributed by atoms with Crippen LogP contribution in [0.2, 0.25) is 0 Å². The summed E-state index contributed by atoms with van der Waals surface area (Å²) < 4.78 is 3.02. The van der Waals surface area contributed by atoms with Gasteiger partial charge in [0, 0.05) is 24.1 Å². The summed E-state index contributed by atoms with van der Waals surface area (Å²) in [5, 5.41) is 7.45. The Balaban J connectivity index is 2.18. The molecule has 2 aromatic rings. The van der Waals surface area contributed by atoms with Gasteiger partial charge in [-0.2, -0.15) is 9.61 Å². The van der Waals surface area contributed by atoms with Gasteiger partial charge in [-0.25, -0.2) is 0 Å². The maximum Gasteiger partial charge on any atom is 0.280 e. The summed E-state index contributed by atoms with van der Waals surface area (Å²) in [6, 6.07) is 1.82. The summed E-state index contributed by atoms with van der Waals surface area (Å²) in [6.07, 6.45) is 0.786. The van der Waals surface area contributed by atoms with E-state index in [0.29, 0.717) is 29.4 Å². The van der Waals surface area contributed by atoms with Crippen LogP contribution in [0.3, 0.4) is 0 Å². The first-order valence-electron chi connectivity index (χ1n) is 10.7. The predicted octanol–water partition coefficient (Wildman–Crippen LogP) is 2.32. The maximum absolute atomic E-state index is 13.3. The quantitative estimate of drug-likeness (QED) is 0.784. The van der Waals surface area contributed by atoms with E-state index in [-0.39, 0.29) is 41.9 Å². The van der Waals surface area contributed by atoms with Crippen molar-refractivity contribution in [3.8, 4) is 0 Å². The molecule has 0 saturated carbocycles. The summed E-state index contributed by atoms with van der Waals surface area (Å²) in [5.41, 5.74) is 1.39. The Morgan fingerprint density at radius 2 is 1.90 bits per heavy atom. The van der Waals surface area contributed by atoms with Crippen LogP contribution in [0, 0.1) is 5.92 Å². The molecule has 30 heavy (non-hydrogen) atoms. The zero-order chi connectivity index (χ0) is 22.4. The van der Waals surface area contributed by atoms with Gasteiger partial charge in [0.25, 0.3) is 11.5 Å². The normalized spacial score (nSPS) is 15.2. The molecule has 1 N–H and O–H groups in total. The van der Waals surface area contributed by atoms with Crippen LogP contribution in [0.5, 0.6) is 0 Å². The lowest BCUT2D eigenvalue weighted by molar-refractivity contribution is -0.121. The Kier molecular flexibility index (Phi) is 5.80. The second kappa shape index (κ2) is 7.89. The van der Waals surface area contributed by atoms with Gasteiger partial charge < -0.3 is 14.8 Å².